The highest BCUT2D eigenvalue weighted by atomic mass is 16.2. The lowest BCUT2D eigenvalue weighted by Crippen LogP contribution is -2.41. The first-order valence-corrected chi connectivity index (χ1v) is 5.50. The van der Waals surface area contributed by atoms with Gasteiger partial charge < -0.3 is 5.73 Å². The second-order valence-electron chi connectivity index (χ2n) is 3.99. The third-order valence-corrected chi connectivity index (χ3v) is 2.88. The number of nitrogens with one attached hydrogen (secondary N) is 2. The molecule has 0 saturated carbocycles. The molecule has 0 amide bonds. The molecule has 0 aromatic carbocycles. The van der Waals surface area contributed by atoms with E-state index in [1.165, 1.54) is 4.57 Å². The summed E-state index contributed by atoms with van der Waals surface area (Å²) in [7, 11) is 0. The van der Waals surface area contributed by atoms with Crippen molar-refractivity contribution in [1.29, 1.82) is 0 Å². The van der Waals surface area contributed by atoms with Crippen LogP contribution in [0.15, 0.2) is 15.8 Å². The van der Waals surface area contributed by atoms with Crippen molar-refractivity contribution in [3.8, 4) is 0 Å². The SMILES string of the molecule is NCc1cn(C2CCCCN2)c(=O)[nH]c1=O. The van der Waals surface area contributed by atoms with E-state index in [-0.39, 0.29) is 24.0 Å². The Morgan fingerprint density at radius 3 is 2.88 bits per heavy atom. The number of aromatic amines is 1. The highest BCUT2D eigenvalue weighted by Crippen LogP contribution is 2.14. The molecule has 1 aromatic rings. The first-order chi connectivity index (χ1) is 7.72. The van der Waals surface area contributed by atoms with Crippen molar-refractivity contribution in [3.05, 3.63) is 32.6 Å². The Balaban J connectivity index is 2.39. The number of H-pyrrole nitrogens is 1. The molecule has 0 radical (unpaired) electrons. The van der Waals surface area contributed by atoms with Gasteiger partial charge in [-0.15, -0.1) is 0 Å². The van der Waals surface area contributed by atoms with Crippen LogP contribution >= 0.6 is 0 Å². The van der Waals surface area contributed by atoms with Crippen LogP contribution < -0.4 is 22.3 Å². The van der Waals surface area contributed by atoms with Crippen LogP contribution in [0.1, 0.15) is 31.0 Å². The van der Waals surface area contributed by atoms with Crippen molar-refractivity contribution in [2.24, 2.45) is 5.73 Å². The van der Waals surface area contributed by atoms with E-state index in [0.29, 0.717) is 5.56 Å². The lowest BCUT2D eigenvalue weighted by Gasteiger charge is -2.25. The Bertz CT molecular complexity index is 470. The molecule has 0 spiro atoms. The van der Waals surface area contributed by atoms with Gasteiger partial charge >= 0.3 is 5.69 Å². The Labute approximate surface area is 92.5 Å². The molecule has 6 nitrogen and oxygen atoms in total. The Hall–Kier alpha value is -1.40. The summed E-state index contributed by atoms with van der Waals surface area (Å²) >= 11 is 0. The maximum atomic E-state index is 11.6. The second-order valence-corrected chi connectivity index (χ2v) is 3.99. The van der Waals surface area contributed by atoms with Crippen molar-refractivity contribution in [3.63, 3.8) is 0 Å². The van der Waals surface area contributed by atoms with Crippen LogP contribution in [-0.4, -0.2) is 16.1 Å². The molecule has 2 heterocycles. The van der Waals surface area contributed by atoms with Crippen LogP contribution in [0.25, 0.3) is 0 Å². The Kier molecular flexibility index (Phi) is 3.21. The average molecular weight is 224 g/mol. The molecule has 88 valence electrons. The van der Waals surface area contributed by atoms with E-state index in [4.69, 9.17) is 5.73 Å². The molecule has 1 unspecified atom stereocenters. The Morgan fingerprint density at radius 2 is 2.25 bits per heavy atom. The van der Waals surface area contributed by atoms with Crippen LogP contribution in [0.3, 0.4) is 0 Å². The fraction of sp³-hybridized carbons (Fsp3) is 0.600. The summed E-state index contributed by atoms with van der Waals surface area (Å²) in [4.78, 5) is 25.3. The van der Waals surface area contributed by atoms with Gasteiger partial charge in [-0.05, 0) is 25.8 Å². The summed E-state index contributed by atoms with van der Waals surface area (Å²) in [6.07, 6.45) is 4.64. The van der Waals surface area contributed by atoms with Crippen LogP contribution in [0.5, 0.6) is 0 Å². The molecule has 1 aliphatic heterocycles. The van der Waals surface area contributed by atoms with E-state index in [1.807, 2.05) is 0 Å². The summed E-state index contributed by atoms with van der Waals surface area (Å²) in [5, 5.41) is 3.25. The normalized spacial score (nSPS) is 20.9. The van der Waals surface area contributed by atoms with Gasteiger partial charge in [0.15, 0.2) is 0 Å². The topological polar surface area (TPSA) is 92.9 Å². The summed E-state index contributed by atoms with van der Waals surface area (Å²) < 4.78 is 1.53. The van der Waals surface area contributed by atoms with E-state index in [1.54, 1.807) is 6.20 Å². The summed E-state index contributed by atoms with van der Waals surface area (Å²) in [6, 6.07) is 0. The summed E-state index contributed by atoms with van der Waals surface area (Å²) in [6.45, 7) is 1.04. The van der Waals surface area contributed by atoms with Gasteiger partial charge in [-0.3, -0.25) is 19.7 Å². The third-order valence-electron chi connectivity index (χ3n) is 2.88. The largest absolute Gasteiger partial charge is 0.329 e. The molecule has 1 aromatic heterocycles. The van der Waals surface area contributed by atoms with Gasteiger partial charge in [0.05, 0.1) is 6.17 Å². The zero-order valence-corrected chi connectivity index (χ0v) is 9.03. The molecule has 16 heavy (non-hydrogen) atoms. The van der Waals surface area contributed by atoms with E-state index in [0.717, 1.165) is 25.8 Å². The zero-order chi connectivity index (χ0) is 11.5. The standard InChI is InChI=1S/C10H16N4O2/c11-5-7-6-14(10(16)13-9(7)15)8-3-1-2-4-12-8/h6,8,12H,1-5,11H2,(H,13,15,16). The minimum absolute atomic E-state index is 0.0246. The Morgan fingerprint density at radius 1 is 1.44 bits per heavy atom. The quantitative estimate of drug-likeness (QED) is 0.617. The number of aromatic nitrogens is 2. The van der Waals surface area contributed by atoms with Crippen LogP contribution in [-0.2, 0) is 6.54 Å². The number of hydrogen-bond acceptors (Lipinski definition) is 4. The maximum absolute atomic E-state index is 11.6. The monoisotopic (exact) mass is 224 g/mol. The van der Waals surface area contributed by atoms with Gasteiger partial charge in [-0.2, -0.15) is 0 Å². The van der Waals surface area contributed by atoms with Crippen LogP contribution in [0.2, 0.25) is 0 Å². The van der Waals surface area contributed by atoms with Gasteiger partial charge in [0.25, 0.3) is 5.56 Å². The molecule has 0 bridgehead atoms. The molecular formula is C10H16N4O2. The molecular weight excluding hydrogens is 208 g/mol. The molecule has 0 aliphatic carbocycles. The number of hydrogen-bond donors (Lipinski definition) is 3. The molecule has 6 heteroatoms. The minimum atomic E-state index is -0.389. The van der Waals surface area contributed by atoms with Crippen LogP contribution in [0.4, 0.5) is 0 Å². The number of rotatable bonds is 2. The molecule has 1 saturated heterocycles. The lowest BCUT2D eigenvalue weighted by atomic mass is 10.1. The van der Waals surface area contributed by atoms with Gasteiger partial charge in [0, 0.05) is 18.3 Å². The lowest BCUT2D eigenvalue weighted by molar-refractivity contribution is 0.309. The molecule has 1 fully saturated rings. The smallest absolute Gasteiger partial charge is 0.326 e. The highest BCUT2D eigenvalue weighted by Gasteiger charge is 2.16. The van der Waals surface area contributed by atoms with E-state index < -0.39 is 0 Å². The van der Waals surface area contributed by atoms with Gasteiger partial charge in [-0.1, -0.05) is 0 Å². The molecule has 1 atom stereocenters. The second kappa shape index (κ2) is 4.63. The number of nitrogens with two attached hydrogens (primary N) is 1. The zero-order valence-electron chi connectivity index (χ0n) is 9.03. The first kappa shape index (κ1) is 11.1. The van der Waals surface area contributed by atoms with Crippen LogP contribution in [0, 0.1) is 0 Å². The predicted molar refractivity (Wildman–Crippen MR) is 60.1 cm³/mol. The van der Waals surface area contributed by atoms with Crippen molar-refractivity contribution >= 4 is 0 Å². The van der Waals surface area contributed by atoms with E-state index in [9.17, 15) is 9.59 Å². The number of nitrogens with zero attached hydrogens (tertiary/aromatic N) is 1. The van der Waals surface area contributed by atoms with Gasteiger partial charge in [-0.25, -0.2) is 4.79 Å². The average Bonchev–Trinajstić information content (AvgIpc) is 2.30. The molecule has 2 rings (SSSR count). The molecule has 1 aliphatic rings. The third kappa shape index (κ3) is 2.07. The van der Waals surface area contributed by atoms with Crippen molar-refractivity contribution in [2.45, 2.75) is 32.0 Å². The fourth-order valence-corrected chi connectivity index (χ4v) is 1.97. The maximum Gasteiger partial charge on any atom is 0.329 e. The summed E-state index contributed by atoms with van der Waals surface area (Å²) in [5.41, 5.74) is 5.12. The molecule has 4 N–H and O–H groups in total. The minimum Gasteiger partial charge on any atom is -0.326 e. The van der Waals surface area contributed by atoms with E-state index in [2.05, 4.69) is 10.3 Å². The first-order valence-electron chi connectivity index (χ1n) is 5.50. The van der Waals surface area contributed by atoms with Crippen molar-refractivity contribution in [1.82, 2.24) is 14.9 Å². The number of piperidine rings is 1. The van der Waals surface area contributed by atoms with Crippen molar-refractivity contribution < 1.29 is 0 Å². The van der Waals surface area contributed by atoms with Crippen molar-refractivity contribution in [2.75, 3.05) is 6.54 Å². The van der Waals surface area contributed by atoms with Gasteiger partial charge in [0.2, 0.25) is 0 Å². The predicted octanol–water partition coefficient (Wildman–Crippen LogP) is -0.733. The fourth-order valence-electron chi connectivity index (χ4n) is 1.97. The van der Waals surface area contributed by atoms with Gasteiger partial charge in [0.1, 0.15) is 0 Å². The highest BCUT2D eigenvalue weighted by molar-refractivity contribution is 5.04. The summed E-state index contributed by atoms with van der Waals surface area (Å²) in [5.74, 6) is 0. The van der Waals surface area contributed by atoms with E-state index >= 15 is 0 Å².